The van der Waals surface area contributed by atoms with Gasteiger partial charge in [0.15, 0.2) is 0 Å². The summed E-state index contributed by atoms with van der Waals surface area (Å²) in [6, 6.07) is -0.0246. The lowest BCUT2D eigenvalue weighted by Gasteiger charge is -2.31. The molecule has 0 aromatic rings. The largest absolute Gasteiger partial charge is 0.385 e. The average molecular weight is 306 g/mol. The molecule has 1 rings (SSSR count). The third kappa shape index (κ3) is 6.19. The summed E-state index contributed by atoms with van der Waals surface area (Å²) in [5, 5.41) is 2.73. The second-order valence-corrected chi connectivity index (χ2v) is 7.23. The Morgan fingerprint density at radius 1 is 1.30 bits per heavy atom. The fraction of sp³-hybridized carbons (Fsp3) is 0.923. The van der Waals surface area contributed by atoms with E-state index in [1.165, 1.54) is 10.6 Å². The summed E-state index contributed by atoms with van der Waals surface area (Å²) in [7, 11) is -1.74. The normalized spacial score (nSPS) is 17.4. The molecule has 118 valence electrons. The first kappa shape index (κ1) is 17.4. The van der Waals surface area contributed by atoms with Crippen molar-refractivity contribution in [2.45, 2.75) is 44.6 Å². The van der Waals surface area contributed by atoms with Gasteiger partial charge in [0.25, 0.3) is 0 Å². The minimum Gasteiger partial charge on any atom is -0.385 e. The highest BCUT2D eigenvalue weighted by Crippen LogP contribution is 2.24. The van der Waals surface area contributed by atoms with E-state index >= 15 is 0 Å². The van der Waals surface area contributed by atoms with Crippen LogP contribution in [0, 0.1) is 0 Å². The molecule has 0 spiro atoms. The molecule has 20 heavy (non-hydrogen) atoms. The molecule has 0 unspecified atom stereocenters. The number of amides is 1. The van der Waals surface area contributed by atoms with Crippen LogP contribution in [0.4, 0.5) is 0 Å². The van der Waals surface area contributed by atoms with Gasteiger partial charge >= 0.3 is 0 Å². The van der Waals surface area contributed by atoms with Crippen molar-refractivity contribution < 1.29 is 17.9 Å². The van der Waals surface area contributed by atoms with E-state index in [1.54, 1.807) is 7.11 Å². The topological polar surface area (TPSA) is 75.7 Å². The second-order valence-electron chi connectivity index (χ2n) is 5.30. The molecule has 0 bridgehead atoms. The first-order valence-electron chi connectivity index (χ1n) is 7.17. The van der Waals surface area contributed by atoms with Crippen LogP contribution in [0.1, 0.15) is 38.5 Å². The van der Waals surface area contributed by atoms with Gasteiger partial charge in [-0.1, -0.05) is 19.3 Å². The first-order chi connectivity index (χ1) is 9.45. The Morgan fingerprint density at radius 3 is 2.50 bits per heavy atom. The Balaban J connectivity index is 2.50. The summed E-state index contributed by atoms with van der Waals surface area (Å²) in [4.78, 5) is 11.8. The zero-order valence-electron chi connectivity index (χ0n) is 12.4. The number of hydrogen-bond acceptors (Lipinski definition) is 4. The Hall–Kier alpha value is -0.660. The number of ether oxygens (including phenoxy) is 1. The van der Waals surface area contributed by atoms with E-state index in [1.807, 2.05) is 0 Å². The van der Waals surface area contributed by atoms with E-state index in [0.717, 1.165) is 38.5 Å². The van der Waals surface area contributed by atoms with Gasteiger partial charge in [0.2, 0.25) is 15.9 Å². The molecule has 6 nitrogen and oxygen atoms in total. The smallest absolute Gasteiger partial charge is 0.235 e. The Morgan fingerprint density at radius 2 is 1.95 bits per heavy atom. The molecule has 0 saturated heterocycles. The van der Waals surface area contributed by atoms with E-state index in [9.17, 15) is 13.2 Å². The van der Waals surface area contributed by atoms with Crippen LogP contribution in [0.15, 0.2) is 0 Å². The van der Waals surface area contributed by atoms with Gasteiger partial charge in [-0.3, -0.25) is 4.79 Å². The fourth-order valence-corrected chi connectivity index (χ4v) is 3.63. The average Bonchev–Trinajstić information content (AvgIpc) is 2.41. The first-order valence-corrected chi connectivity index (χ1v) is 9.02. The summed E-state index contributed by atoms with van der Waals surface area (Å²) >= 11 is 0. The molecule has 0 heterocycles. The number of rotatable bonds is 8. The molecule has 1 fully saturated rings. The van der Waals surface area contributed by atoms with Crippen LogP contribution in [-0.2, 0) is 19.6 Å². The molecule has 1 saturated carbocycles. The van der Waals surface area contributed by atoms with Gasteiger partial charge in [-0.05, 0) is 19.3 Å². The van der Waals surface area contributed by atoms with E-state index in [4.69, 9.17) is 4.74 Å². The Labute approximate surface area is 121 Å². The predicted octanol–water partition coefficient (Wildman–Crippen LogP) is 0.733. The molecule has 0 aliphatic heterocycles. The molecule has 0 aromatic heterocycles. The van der Waals surface area contributed by atoms with Crippen molar-refractivity contribution >= 4 is 15.9 Å². The number of nitrogens with one attached hydrogen (secondary N) is 1. The van der Waals surface area contributed by atoms with Crippen LogP contribution < -0.4 is 5.32 Å². The summed E-state index contributed by atoms with van der Waals surface area (Å²) in [5.41, 5.74) is 0. The van der Waals surface area contributed by atoms with Gasteiger partial charge in [0.05, 0.1) is 12.8 Å². The minimum atomic E-state index is -3.35. The van der Waals surface area contributed by atoms with E-state index in [0.29, 0.717) is 13.2 Å². The van der Waals surface area contributed by atoms with Crippen molar-refractivity contribution in [3.05, 3.63) is 0 Å². The number of nitrogens with zero attached hydrogens (tertiary/aromatic N) is 1. The third-order valence-electron chi connectivity index (χ3n) is 3.55. The molecule has 7 heteroatoms. The Kier molecular flexibility index (Phi) is 7.47. The maximum absolute atomic E-state index is 11.9. The highest BCUT2D eigenvalue weighted by molar-refractivity contribution is 7.88. The molecule has 0 radical (unpaired) electrons. The molecule has 1 N–H and O–H groups in total. The molecule has 1 amide bonds. The van der Waals surface area contributed by atoms with Gasteiger partial charge in [-0.15, -0.1) is 0 Å². The van der Waals surface area contributed by atoms with Crippen LogP contribution in [-0.4, -0.2) is 57.7 Å². The van der Waals surface area contributed by atoms with Gasteiger partial charge in [0, 0.05) is 26.3 Å². The quantitative estimate of drug-likeness (QED) is 0.671. The fourth-order valence-electron chi connectivity index (χ4n) is 2.53. The van der Waals surface area contributed by atoms with Gasteiger partial charge in [-0.25, -0.2) is 8.42 Å². The lowest BCUT2D eigenvalue weighted by Crippen LogP contribution is -2.46. The van der Waals surface area contributed by atoms with Crippen molar-refractivity contribution in [3.63, 3.8) is 0 Å². The third-order valence-corrected chi connectivity index (χ3v) is 4.83. The molecule has 1 aliphatic carbocycles. The van der Waals surface area contributed by atoms with Crippen LogP contribution in [0.5, 0.6) is 0 Å². The van der Waals surface area contributed by atoms with E-state index in [2.05, 4.69) is 5.32 Å². The van der Waals surface area contributed by atoms with Crippen LogP contribution in [0.25, 0.3) is 0 Å². The zero-order chi connectivity index (χ0) is 15.0. The van der Waals surface area contributed by atoms with Crippen molar-refractivity contribution in [1.29, 1.82) is 0 Å². The minimum absolute atomic E-state index is 0.0246. The van der Waals surface area contributed by atoms with Crippen LogP contribution in [0.3, 0.4) is 0 Å². The van der Waals surface area contributed by atoms with E-state index < -0.39 is 10.0 Å². The van der Waals surface area contributed by atoms with E-state index in [-0.39, 0.29) is 18.5 Å². The van der Waals surface area contributed by atoms with Crippen molar-refractivity contribution in [2.24, 2.45) is 0 Å². The van der Waals surface area contributed by atoms with Gasteiger partial charge < -0.3 is 10.1 Å². The maximum atomic E-state index is 11.9. The number of sulfonamides is 1. The maximum Gasteiger partial charge on any atom is 0.235 e. The highest BCUT2D eigenvalue weighted by Gasteiger charge is 2.29. The monoisotopic (exact) mass is 306 g/mol. The van der Waals surface area contributed by atoms with Crippen LogP contribution in [0.2, 0.25) is 0 Å². The summed E-state index contributed by atoms with van der Waals surface area (Å²) < 4.78 is 30.0. The number of methoxy groups -OCH3 is 1. The lowest BCUT2D eigenvalue weighted by atomic mass is 9.95. The van der Waals surface area contributed by atoms with Crippen molar-refractivity contribution in [1.82, 2.24) is 9.62 Å². The van der Waals surface area contributed by atoms with Crippen molar-refractivity contribution in [3.8, 4) is 0 Å². The number of carbonyl (C=O) groups is 1. The standard InChI is InChI=1S/C13H26N2O4S/c1-19-10-6-9-14-13(16)11-15(20(2,17)18)12-7-4-3-5-8-12/h12H,3-11H2,1-2H3,(H,14,16). The summed E-state index contributed by atoms with van der Waals surface area (Å²) in [5.74, 6) is -0.239. The molecular formula is C13H26N2O4S. The number of hydrogen-bond donors (Lipinski definition) is 1. The zero-order valence-corrected chi connectivity index (χ0v) is 13.2. The molecule has 0 atom stereocenters. The molecular weight excluding hydrogens is 280 g/mol. The Bertz CT molecular complexity index is 391. The molecule has 1 aliphatic rings. The molecule has 0 aromatic carbocycles. The lowest BCUT2D eigenvalue weighted by molar-refractivity contribution is -0.121. The van der Waals surface area contributed by atoms with Gasteiger partial charge in [0.1, 0.15) is 0 Å². The summed E-state index contributed by atoms with van der Waals surface area (Å²) in [6.07, 6.45) is 6.83. The summed E-state index contributed by atoms with van der Waals surface area (Å²) in [6.45, 7) is 1.02. The van der Waals surface area contributed by atoms with Crippen molar-refractivity contribution in [2.75, 3.05) is 33.1 Å². The van der Waals surface area contributed by atoms with Crippen LogP contribution >= 0.6 is 0 Å². The van der Waals surface area contributed by atoms with Gasteiger partial charge in [-0.2, -0.15) is 4.31 Å². The second kappa shape index (κ2) is 8.59. The highest BCUT2D eigenvalue weighted by atomic mass is 32.2. The number of carbonyl (C=O) groups excluding carboxylic acids is 1. The SMILES string of the molecule is COCCCNC(=O)CN(C1CCCCC1)S(C)(=O)=O. The predicted molar refractivity (Wildman–Crippen MR) is 77.9 cm³/mol.